The van der Waals surface area contributed by atoms with E-state index < -0.39 is 0 Å². The van der Waals surface area contributed by atoms with E-state index in [9.17, 15) is 0 Å². The molecule has 0 aliphatic heterocycles. The first-order valence-corrected chi connectivity index (χ1v) is 6.62. The van der Waals surface area contributed by atoms with Crippen LogP contribution in [0.25, 0.3) is 0 Å². The van der Waals surface area contributed by atoms with Crippen LogP contribution in [0.4, 0.5) is 0 Å². The Balaban J connectivity index is 1.93. The predicted molar refractivity (Wildman–Crippen MR) is 66.4 cm³/mol. The highest BCUT2D eigenvalue weighted by atomic mass is 15.3. The molecule has 16 heavy (non-hydrogen) atoms. The lowest BCUT2D eigenvalue weighted by atomic mass is 10.2. The van der Waals surface area contributed by atoms with Gasteiger partial charge in [0.05, 0.1) is 11.4 Å². The largest absolute Gasteiger partial charge is 0.308 e. The first-order chi connectivity index (χ1) is 7.83. The summed E-state index contributed by atoms with van der Waals surface area (Å²) in [7, 11) is 0. The first-order valence-electron chi connectivity index (χ1n) is 6.62. The van der Waals surface area contributed by atoms with Gasteiger partial charge in [0.1, 0.15) is 0 Å². The van der Waals surface area contributed by atoms with Gasteiger partial charge in [0.15, 0.2) is 0 Å². The van der Waals surface area contributed by atoms with E-state index in [2.05, 4.69) is 35.0 Å². The van der Waals surface area contributed by atoms with Gasteiger partial charge in [-0.1, -0.05) is 19.8 Å². The van der Waals surface area contributed by atoms with Gasteiger partial charge in [-0.3, -0.25) is 4.68 Å². The molecule has 1 aliphatic rings. The third-order valence-electron chi connectivity index (χ3n) is 3.50. The van der Waals surface area contributed by atoms with E-state index in [4.69, 9.17) is 0 Å². The Hall–Kier alpha value is -0.830. The van der Waals surface area contributed by atoms with Crippen molar-refractivity contribution in [1.82, 2.24) is 15.1 Å². The molecule has 90 valence electrons. The molecule has 0 bridgehead atoms. The van der Waals surface area contributed by atoms with Crippen molar-refractivity contribution < 1.29 is 0 Å². The number of rotatable bonds is 5. The van der Waals surface area contributed by atoms with Crippen LogP contribution in [0.5, 0.6) is 0 Å². The molecule has 2 rings (SSSR count). The van der Waals surface area contributed by atoms with Crippen molar-refractivity contribution in [3.8, 4) is 0 Å². The summed E-state index contributed by atoms with van der Waals surface area (Å²) in [6.45, 7) is 6.27. The SMILES string of the molecule is CCc1cc(CNC2CCCC2)n(CC)n1. The van der Waals surface area contributed by atoms with Gasteiger partial charge in [0, 0.05) is 19.1 Å². The standard InChI is InChI=1S/C13H23N3/c1-3-11-9-13(16(4-2)15-11)10-14-12-7-5-6-8-12/h9,12,14H,3-8,10H2,1-2H3. The third kappa shape index (κ3) is 2.64. The summed E-state index contributed by atoms with van der Waals surface area (Å²) in [6.07, 6.45) is 6.51. The van der Waals surface area contributed by atoms with Gasteiger partial charge in [0.25, 0.3) is 0 Å². The van der Waals surface area contributed by atoms with E-state index in [0.29, 0.717) is 0 Å². The van der Waals surface area contributed by atoms with Crippen molar-refractivity contribution in [2.24, 2.45) is 0 Å². The second-order valence-electron chi connectivity index (χ2n) is 4.66. The van der Waals surface area contributed by atoms with Crippen LogP contribution in [0.2, 0.25) is 0 Å². The van der Waals surface area contributed by atoms with E-state index >= 15 is 0 Å². The second kappa shape index (κ2) is 5.48. The fourth-order valence-corrected chi connectivity index (χ4v) is 2.48. The van der Waals surface area contributed by atoms with Crippen molar-refractivity contribution in [3.63, 3.8) is 0 Å². The summed E-state index contributed by atoms with van der Waals surface area (Å²) in [5.74, 6) is 0. The normalized spacial score (nSPS) is 17.1. The predicted octanol–water partition coefficient (Wildman–Crippen LogP) is 2.50. The molecule has 1 saturated carbocycles. The van der Waals surface area contributed by atoms with Gasteiger partial charge in [-0.2, -0.15) is 5.10 Å². The maximum atomic E-state index is 4.57. The van der Waals surface area contributed by atoms with Crippen LogP contribution in [0, 0.1) is 0 Å². The summed E-state index contributed by atoms with van der Waals surface area (Å²) in [4.78, 5) is 0. The lowest BCUT2D eigenvalue weighted by Crippen LogP contribution is -2.26. The number of aromatic nitrogens is 2. The quantitative estimate of drug-likeness (QED) is 0.828. The molecule has 1 heterocycles. The molecule has 0 unspecified atom stereocenters. The molecule has 0 saturated heterocycles. The molecule has 0 radical (unpaired) electrons. The lowest BCUT2D eigenvalue weighted by molar-refractivity contribution is 0.498. The summed E-state index contributed by atoms with van der Waals surface area (Å²) >= 11 is 0. The van der Waals surface area contributed by atoms with Crippen LogP contribution in [0.1, 0.15) is 50.9 Å². The van der Waals surface area contributed by atoms with Gasteiger partial charge >= 0.3 is 0 Å². The fraction of sp³-hybridized carbons (Fsp3) is 0.769. The Morgan fingerprint density at radius 2 is 2.12 bits per heavy atom. The second-order valence-corrected chi connectivity index (χ2v) is 4.66. The van der Waals surface area contributed by atoms with E-state index in [1.165, 1.54) is 37.1 Å². The van der Waals surface area contributed by atoms with Gasteiger partial charge in [-0.05, 0) is 32.3 Å². The maximum absolute atomic E-state index is 4.57. The Morgan fingerprint density at radius 1 is 1.38 bits per heavy atom. The minimum Gasteiger partial charge on any atom is -0.308 e. The smallest absolute Gasteiger partial charge is 0.0625 e. The van der Waals surface area contributed by atoms with Crippen molar-refractivity contribution in [3.05, 3.63) is 17.5 Å². The van der Waals surface area contributed by atoms with Crippen molar-refractivity contribution >= 4 is 0 Å². The number of nitrogens with one attached hydrogen (secondary N) is 1. The van der Waals surface area contributed by atoms with Crippen molar-refractivity contribution in [2.75, 3.05) is 0 Å². The molecule has 1 fully saturated rings. The molecule has 0 aromatic carbocycles. The summed E-state index contributed by atoms with van der Waals surface area (Å²) in [5.41, 5.74) is 2.55. The van der Waals surface area contributed by atoms with Gasteiger partial charge in [-0.15, -0.1) is 0 Å². The van der Waals surface area contributed by atoms with E-state index in [1.54, 1.807) is 0 Å². The molecule has 3 heteroatoms. The highest BCUT2D eigenvalue weighted by Crippen LogP contribution is 2.18. The summed E-state index contributed by atoms with van der Waals surface area (Å²) in [5, 5.41) is 8.22. The van der Waals surface area contributed by atoms with Crippen LogP contribution in [-0.4, -0.2) is 15.8 Å². The number of hydrogen-bond donors (Lipinski definition) is 1. The highest BCUT2D eigenvalue weighted by Gasteiger charge is 2.15. The Morgan fingerprint density at radius 3 is 2.75 bits per heavy atom. The minimum absolute atomic E-state index is 0.741. The maximum Gasteiger partial charge on any atom is 0.0625 e. The average molecular weight is 221 g/mol. The first kappa shape index (κ1) is 11.6. The minimum atomic E-state index is 0.741. The highest BCUT2D eigenvalue weighted by molar-refractivity contribution is 5.10. The molecular formula is C13H23N3. The zero-order valence-corrected chi connectivity index (χ0v) is 10.5. The Labute approximate surface area is 98.2 Å². The van der Waals surface area contributed by atoms with Crippen molar-refractivity contribution in [1.29, 1.82) is 0 Å². The molecule has 3 nitrogen and oxygen atoms in total. The van der Waals surface area contributed by atoms with Crippen LogP contribution >= 0.6 is 0 Å². The zero-order valence-electron chi connectivity index (χ0n) is 10.5. The number of aryl methyl sites for hydroxylation is 2. The Bertz CT molecular complexity index is 324. The van der Waals surface area contributed by atoms with Gasteiger partial charge in [-0.25, -0.2) is 0 Å². The van der Waals surface area contributed by atoms with Crippen LogP contribution in [-0.2, 0) is 19.5 Å². The lowest BCUT2D eigenvalue weighted by Gasteiger charge is -2.12. The molecule has 1 aromatic rings. The number of nitrogens with zero attached hydrogens (tertiary/aromatic N) is 2. The summed E-state index contributed by atoms with van der Waals surface area (Å²) < 4.78 is 2.13. The number of hydrogen-bond acceptors (Lipinski definition) is 2. The van der Waals surface area contributed by atoms with E-state index in [0.717, 1.165) is 25.6 Å². The van der Waals surface area contributed by atoms with Gasteiger partial charge < -0.3 is 5.32 Å². The average Bonchev–Trinajstić information content (AvgIpc) is 2.95. The van der Waals surface area contributed by atoms with E-state index in [1.807, 2.05) is 0 Å². The van der Waals surface area contributed by atoms with E-state index in [-0.39, 0.29) is 0 Å². The molecule has 1 aromatic heterocycles. The van der Waals surface area contributed by atoms with Crippen molar-refractivity contribution in [2.45, 2.75) is 65.1 Å². The van der Waals surface area contributed by atoms with Crippen LogP contribution in [0.15, 0.2) is 6.07 Å². The Kier molecular flexibility index (Phi) is 3.99. The van der Waals surface area contributed by atoms with Crippen LogP contribution < -0.4 is 5.32 Å². The van der Waals surface area contributed by atoms with Gasteiger partial charge in [0.2, 0.25) is 0 Å². The molecule has 0 spiro atoms. The molecule has 0 atom stereocenters. The zero-order chi connectivity index (χ0) is 11.4. The molecule has 1 N–H and O–H groups in total. The molecule has 0 amide bonds. The topological polar surface area (TPSA) is 29.9 Å². The third-order valence-corrected chi connectivity index (χ3v) is 3.50. The monoisotopic (exact) mass is 221 g/mol. The molecular weight excluding hydrogens is 198 g/mol. The summed E-state index contributed by atoms with van der Waals surface area (Å²) in [6, 6.07) is 2.98. The van der Waals surface area contributed by atoms with Crippen LogP contribution in [0.3, 0.4) is 0 Å². The molecule has 1 aliphatic carbocycles. The fourth-order valence-electron chi connectivity index (χ4n) is 2.48.